The van der Waals surface area contributed by atoms with Gasteiger partial charge < -0.3 is 10.5 Å². The molecule has 5 nitrogen and oxygen atoms in total. The van der Waals surface area contributed by atoms with E-state index in [0.717, 1.165) is 12.8 Å². The lowest BCUT2D eigenvalue weighted by atomic mass is 10.0. The molecule has 0 aliphatic carbocycles. The van der Waals surface area contributed by atoms with Gasteiger partial charge in [-0.3, -0.25) is 0 Å². The van der Waals surface area contributed by atoms with Gasteiger partial charge in [-0.2, -0.15) is 0 Å². The molecule has 0 amide bonds. The van der Waals surface area contributed by atoms with E-state index in [1.807, 2.05) is 0 Å². The summed E-state index contributed by atoms with van der Waals surface area (Å²) in [5.41, 5.74) is 6.12. The first-order chi connectivity index (χ1) is 9.41. The van der Waals surface area contributed by atoms with E-state index in [-0.39, 0.29) is 4.90 Å². The molecule has 0 radical (unpaired) electrons. The Labute approximate surface area is 128 Å². The lowest BCUT2D eigenvalue weighted by Crippen LogP contribution is -2.34. The third-order valence-electron chi connectivity index (χ3n) is 3.50. The highest BCUT2D eigenvalue weighted by Crippen LogP contribution is 2.27. The minimum atomic E-state index is -3.53. The molecule has 1 aromatic rings. The minimum Gasteiger partial charge on any atom is -0.399 e. The molecule has 1 heterocycles. The van der Waals surface area contributed by atoms with Crippen molar-refractivity contribution in [3.63, 3.8) is 0 Å². The fourth-order valence-electron chi connectivity index (χ4n) is 2.28. The van der Waals surface area contributed by atoms with E-state index in [4.69, 9.17) is 10.5 Å². The van der Waals surface area contributed by atoms with Crippen molar-refractivity contribution in [2.75, 3.05) is 32.5 Å². The van der Waals surface area contributed by atoms with Crippen molar-refractivity contribution >= 4 is 31.6 Å². The molecular formula is C13H19BrN2O3S. The van der Waals surface area contributed by atoms with Crippen molar-refractivity contribution in [1.29, 1.82) is 0 Å². The molecule has 20 heavy (non-hydrogen) atoms. The largest absolute Gasteiger partial charge is 0.399 e. The summed E-state index contributed by atoms with van der Waals surface area (Å²) >= 11 is 3.28. The van der Waals surface area contributed by atoms with Gasteiger partial charge in [-0.15, -0.1) is 0 Å². The molecule has 1 aromatic carbocycles. The zero-order valence-electron chi connectivity index (χ0n) is 11.4. The molecule has 112 valence electrons. The first-order valence-electron chi connectivity index (χ1n) is 6.50. The van der Waals surface area contributed by atoms with Crippen LogP contribution in [0.2, 0.25) is 0 Å². The van der Waals surface area contributed by atoms with Crippen molar-refractivity contribution in [3.05, 3.63) is 22.7 Å². The zero-order valence-corrected chi connectivity index (χ0v) is 13.8. The van der Waals surface area contributed by atoms with Gasteiger partial charge in [0.15, 0.2) is 0 Å². The van der Waals surface area contributed by atoms with Crippen molar-refractivity contribution in [2.45, 2.75) is 17.7 Å². The number of nitrogens with zero attached hydrogens (tertiary/aromatic N) is 1. The Morgan fingerprint density at radius 2 is 2.05 bits per heavy atom. The quantitative estimate of drug-likeness (QED) is 0.832. The van der Waals surface area contributed by atoms with Crippen molar-refractivity contribution in [1.82, 2.24) is 4.31 Å². The predicted octanol–water partition coefficient (Wildman–Crippen LogP) is 2.08. The summed E-state index contributed by atoms with van der Waals surface area (Å²) in [6.07, 6.45) is 1.80. The Bertz CT molecular complexity index is 571. The van der Waals surface area contributed by atoms with Crippen molar-refractivity contribution < 1.29 is 13.2 Å². The molecule has 1 fully saturated rings. The molecule has 2 N–H and O–H groups in total. The number of rotatable bonds is 4. The molecule has 1 saturated heterocycles. The second-order valence-corrected chi connectivity index (χ2v) is 7.90. The van der Waals surface area contributed by atoms with Crippen molar-refractivity contribution in [3.8, 4) is 0 Å². The van der Waals surface area contributed by atoms with E-state index >= 15 is 0 Å². The smallest absolute Gasteiger partial charge is 0.244 e. The minimum absolute atomic E-state index is 0.215. The van der Waals surface area contributed by atoms with Crippen molar-refractivity contribution in [2.24, 2.45) is 5.92 Å². The summed E-state index contributed by atoms with van der Waals surface area (Å²) in [5.74, 6) is 0.350. The Balaban J connectivity index is 2.18. The topological polar surface area (TPSA) is 72.6 Å². The van der Waals surface area contributed by atoms with Gasteiger partial charge >= 0.3 is 0 Å². The fourth-order valence-corrected chi connectivity index (χ4v) is 4.48. The van der Waals surface area contributed by atoms with Crippen LogP contribution in [0.4, 0.5) is 5.69 Å². The number of hydrogen-bond acceptors (Lipinski definition) is 4. The summed E-state index contributed by atoms with van der Waals surface area (Å²) in [6, 6.07) is 4.81. The van der Waals surface area contributed by atoms with E-state index in [9.17, 15) is 8.42 Å². The highest BCUT2D eigenvalue weighted by atomic mass is 79.9. The number of halogens is 1. The molecule has 1 aliphatic rings. The third kappa shape index (κ3) is 3.52. The zero-order chi connectivity index (χ0) is 14.8. The molecule has 0 aromatic heterocycles. The van der Waals surface area contributed by atoms with Crippen LogP contribution in [0.15, 0.2) is 27.6 Å². The Kier molecular flexibility index (Phi) is 5.06. The van der Waals surface area contributed by atoms with Crippen LogP contribution in [0.1, 0.15) is 12.8 Å². The average molecular weight is 363 g/mol. The van der Waals surface area contributed by atoms with E-state index in [1.54, 1.807) is 19.2 Å². The van der Waals surface area contributed by atoms with E-state index in [0.29, 0.717) is 35.8 Å². The molecule has 0 spiro atoms. The maximum atomic E-state index is 12.6. The first-order valence-corrected chi connectivity index (χ1v) is 8.73. The summed E-state index contributed by atoms with van der Waals surface area (Å²) in [6.45, 7) is 1.92. The van der Waals surface area contributed by atoms with Gasteiger partial charge in [0.2, 0.25) is 10.0 Å². The van der Waals surface area contributed by atoms with Gasteiger partial charge in [-0.1, -0.05) is 0 Å². The SMILES string of the molecule is CN(CC1CCOCC1)S(=O)(=O)c1cc(N)ccc1Br. The molecule has 0 bridgehead atoms. The van der Waals surface area contributed by atoms with Crippen LogP contribution in [0.3, 0.4) is 0 Å². The monoisotopic (exact) mass is 362 g/mol. The maximum Gasteiger partial charge on any atom is 0.244 e. The van der Waals surface area contributed by atoms with Crippen LogP contribution in [-0.4, -0.2) is 39.5 Å². The lowest BCUT2D eigenvalue weighted by molar-refractivity contribution is 0.0620. The second kappa shape index (κ2) is 6.43. The van der Waals surface area contributed by atoms with E-state index in [2.05, 4.69) is 15.9 Å². The Morgan fingerprint density at radius 3 is 2.70 bits per heavy atom. The number of nitrogen functional groups attached to an aromatic ring is 1. The third-order valence-corrected chi connectivity index (χ3v) is 6.32. The van der Waals surface area contributed by atoms with Crippen LogP contribution >= 0.6 is 15.9 Å². The van der Waals surface area contributed by atoms with Crippen LogP contribution in [0.5, 0.6) is 0 Å². The van der Waals surface area contributed by atoms with Gasteiger partial charge in [0.25, 0.3) is 0 Å². The molecular weight excluding hydrogens is 344 g/mol. The number of anilines is 1. The second-order valence-electron chi connectivity index (χ2n) is 5.03. The fraction of sp³-hybridized carbons (Fsp3) is 0.538. The molecule has 1 aliphatic heterocycles. The summed E-state index contributed by atoms with van der Waals surface area (Å²) in [4.78, 5) is 0.215. The van der Waals surface area contributed by atoms with Gasteiger partial charge in [-0.05, 0) is 52.9 Å². The predicted molar refractivity (Wildman–Crippen MR) is 81.9 cm³/mol. The molecule has 0 saturated carbocycles. The van der Waals surface area contributed by atoms with Gasteiger partial charge in [0, 0.05) is 37.0 Å². The standard InChI is InChI=1S/C13H19BrN2O3S/c1-16(9-10-4-6-19-7-5-10)20(17,18)13-8-11(15)2-3-12(13)14/h2-3,8,10H,4-7,9,15H2,1H3. The molecule has 0 unspecified atom stereocenters. The Morgan fingerprint density at radius 1 is 1.40 bits per heavy atom. The highest BCUT2D eigenvalue weighted by Gasteiger charge is 2.26. The van der Waals surface area contributed by atoms with Crippen LogP contribution in [-0.2, 0) is 14.8 Å². The number of benzene rings is 1. The van der Waals surface area contributed by atoms with Crippen LogP contribution in [0.25, 0.3) is 0 Å². The van der Waals surface area contributed by atoms with Crippen LogP contribution in [0, 0.1) is 5.92 Å². The summed E-state index contributed by atoms with van der Waals surface area (Å²) < 4.78 is 32.4. The normalized spacial score (nSPS) is 17.6. The number of nitrogens with two attached hydrogens (primary N) is 1. The van der Waals surface area contributed by atoms with Gasteiger partial charge in [-0.25, -0.2) is 12.7 Å². The first kappa shape index (κ1) is 15.8. The van der Waals surface area contributed by atoms with Crippen LogP contribution < -0.4 is 5.73 Å². The molecule has 7 heteroatoms. The van der Waals surface area contributed by atoms with Gasteiger partial charge in [0.05, 0.1) is 4.90 Å². The average Bonchev–Trinajstić information content (AvgIpc) is 2.42. The van der Waals surface area contributed by atoms with E-state index < -0.39 is 10.0 Å². The number of sulfonamides is 1. The Hall–Kier alpha value is -0.630. The highest BCUT2D eigenvalue weighted by molar-refractivity contribution is 9.10. The maximum absolute atomic E-state index is 12.6. The summed E-state index contributed by atoms with van der Waals surface area (Å²) in [5, 5.41) is 0. The lowest BCUT2D eigenvalue weighted by Gasteiger charge is -2.27. The molecule has 0 atom stereocenters. The number of ether oxygens (including phenoxy) is 1. The summed E-state index contributed by atoms with van der Waals surface area (Å²) in [7, 11) is -1.91. The molecule has 2 rings (SSSR count). The van der Waals surface area contributed by atoms with Gasteiger partial charge in [0.1, 0.15) is 0 Å². The number of hydrogen-bond donors (Lipinski definition) is 1. The van der Waals surface area contributed by atoms with E-state index in [1.165, 1.54) is 10.4 Å².